The van der Waals surface area contributed by atoms with E-state index in [2.05, 4.69) is 65.7 Å². The minimum Gasteiger partial charge on any atom is -0.351 e. The highest BCUT2D eigenvalue weighted by Crippen LogP contribution is 2.41. The number of benzene rings is 6. The second kappa shape index (κ2) is 45.1. The number of carbonyl (C=O) groups excluding carboxylic acids is 4. The Balaban J connectivity index is 0.000000166. The largest absolute Gasteiger partial charge is 0.351 e. The monoisotopic (exact) mass is 2170 g/mol. The predicted molar refractivity (Wildman–Crippen MR) is 500 cm³/mol. The normalized spacial score (nSPS) is 19.7. The van der Waals surface area contributed by atoms with Crippen LogP contribution >= 0.6 is 0 Å². The lowest BCUT2D eigenvalue weighted by atomic mass is 9.97. The van der Waals surface area contributed by atoms with Crippen molar-refractivity contribution in [3.63, 3.8) is 0 Å². The predicted octanol–water partition coefficient (Wildman–Crippen LogP) is 16.6. The van der Waals surface area contributed by atoms with Crippen molar-refractivity contribution >= 4 is 63.5 Å². The number of aromatic nitrogens is 11. The average molecular weight is 2170 g/mol. The van der Waals surface area contributed by atoms with Crippen LogP contribution in [-0.4, -0.2) is 203 Å². The summed E-state index contributed by atoms with van der Waals surface area (Å²) in [5.74, 6) is -20.5. The molecule has 4 aliphatic heterocycles. The fraction of sp³-hybridized carbons (Fsp3) is 0.337. The summed E-state index contributed by atoms with van der Waals surface area (Å²) in [5, 5.41) is 12.4. The number of aryl methyl sites for hydroxylation is 3. The second-order valence-electron chi connectivity index (χ2n) is 36.2. The van der Waals surface area contributed by atoms with Crippen LogP contribution in [0.2, 0.25) is 0 Å². The highest BCUT2D eigenvalue weighted by molar-refractivity contribution is 7.90. The third-order valence-electron chi connectivity index (χ3n) is 23.7. The molecule has 2 amide bonds. The first-order chi connectivity index (χ1) is 69.6. The maximum absolute atomic E-state index is 14.9. The van der Waals surface area contributed by atoms with Gasteiger partial charge >= 0.3 is 11.8 Å². The molecule has 0 unspecified atom stereocenters. The molecule has 51 heteroatoms. The Labute approximate surface area is 842 Å². The Morgan fingerprint density at radius 1 is 0.376 bits per heavy atom. The molecule has 10 heterocycles. The van der Waals surface area contributed by atoms with Crippen LogP contribution < -0.4 is 10.6 Å². The third kappa shape index (κ3) is 28.4. The molecule has 149 heavy (non-hydrogen) atoms. The number of ketones is 2. The fourth-order valence-electron chi connectivity index (χ4n) is 16.3. The molecule has 4 aliphatic rings. The molecule has 790 valence electrons. The Morgan fingerprint density at radius 3 is 1.14 bits per heavy atom. The molecule has 8 atom stereocenters. The van der Waals surface area contributed by atoms with Crippen molar-refractivity contribution in [1.82, 2.24) is 82.9 Å². The Bertz CT molecular complexity index is 7150. The van der Waals surface area contributed by atoms with E-state index in [4.69, 9.17) is 0 Å². The zero-order valence-corrected chi connectivity index (χ0v) is 82.8. The number of nitrogens with one attached hydrogen (secondary N) is 2. The molecule has 0 saturated carbocycles. The third-order valence-corrected chi connectivity index (χ3v) is 31.2. The van der Waals surface area contributed by atoms with Gasteiger partial charge < -0.3 is 10.6 Å². The molecule has 6 aromatic heterocycles. The summed E-state index contributed by atoms with van der Waals surface area (Å²) in [5.41, 5.74) is -0.569. The summed E-state index contributed by atoms with van der Waals surface area (Å²) in [4.78, 5) is 85.6. The van der Waals surface area contributed by atoms with Crippen LogP contribution in [0, 0.1) is 41.8 Å². The van der Waals surface area contributed by atoms with Crippen molar-refractivity contribution in [2.24, 2.45) is 0 Å². The van der Waals surface area contributed by atoms with Crippen molar-refractivity contribution < 1.29 is 132 Å². The van der Waals surface area contributed by atoms with Gasteiger partial charge in [0, 0.05) is 152 Å². The van der Waals surface area contributed by atoms with Gasteiger partial charge in [0.15, 0.2) is 23.2 Å². The number of hydrogen-bond acceptors (Lipinski definition) is 23. The first kappa shape index (κ1) is 113. The maximum atomic E-state index is 14.9. The number of hydrogen-bond donors (Lipinski definition) is 2. The quantitative estimate of drug-likeness (QED) is 0.0395. The average Bonchev–Trinajstić information content (AvgIpc) is 1.45. The number of amides is 2. The molecule has 12 aromatic rings. The lowest BCUT2D eigenvalue weighted by Crippen LogP contribution is -2.45. The second-order valence-corrected chi connectivity index (χ2v) is 43.8. The zero-order chi connectivity index (χ0) is 109. The first-order valence-corrected chi connectivity index (χ1v) is 51.0. The molecule has 2 N–H and O–H groups in total. The molecule has 0 radical (unpaired) electrons. The zero-order valence-electron chi connectivity index (χ0n) is 79.5. The molecular weight excluding hydrogens is 2080 g/mol. The minimum absolute atomic E-state index is 0.00602. The molecule has 4 saturated heterocycles. The van der Waals surface area contributed by atoms with Crippen LogP contribution in [0.3, 0.4) is 0 Å². The minimum atomic E-state index is -4.29. The molecule has 29 nitrogen and oxygen atoms in total. The van der Waals surface area contributed by atoms with E-state index in [1.165, 1.54) is 81.4 Å². The first-order valence-electron chi connectivity index (χ1n) is 45.2. The van der Waals surface area contributed by atoms with Gasteiger partial charge in [0.2, 0.25) is 51.9 Å². The Morgan fingerprint density at radius 2 is 0.765 bits per heavy atom. The fourth-order valence-corrected chi connectivity index (χ4v) is 23.0. The van der Waals surface area contributed by atoms with Crippen LogP contribution in [0.4, 0.5) is 79.0 Å². The van der Waals surface area contributed by atoms with Gasteiger partial charge in [0.1, 0.15) is 88.4 Å². The molecule has 16 rings (SSSR count). The summed E-state index contributed by atoms with van der Waals surface area (Å²) in [6.07, 6.45) is 3.10. The highest BCUT2D eigenvalue weighted by Gasteiger charge is 2.53. The van der Waals surface area contributed by atoms with Gasteiger partial charge in [0.05, 0.1) is 79.1 Å². The molecule has 6 aromatic carbocycles. The summed E-state index contributed by atoms with van der Waals surface area (Å²) in [7, 11) is -17.1. The van der Waals surface area contributed by atoms with Crippen molar-refractivity contribution in [1.29, 1.82) is 0 Å². The number of rotatable bonds is 30. The van der Waals surface area contributed by atoms with Crippen LogP contribution in [-0.2, 0) is 109 Å². The van der Waals surface area contributed by atoms with Crippen molar-refractivity contribution in [3.05, 3.63) is 293 Å². The molecular formula is C98H91F18N17O12S4. The maximum Gasteiger partial charge on any atom is 0.303 e. The van der Waals surface area contributed by atoms with E-state index in [0.29, 0.717) is 78.3 Å². The molecule has 0 aliphatic carbocycles. The van der Waals surface area contributed by atoms with E-state index in [0.717, 1.165) is 145 Å². The van der Waals surface area contributed by atoms with Crippen LogP contribution in [0.15, 0.2) is 227 Å². The van der Waals surface area contributed by atoms with E-state index < -0.39 is 219 Å². The van der Waals surface area contributed by atoms with Gasteiger partial charge in [-0.2, -0.15) is 57.4 Å². The van der Waals surface area contributed by atoms with Crippen molar-refractivity contribution in [2.45, 2.75) is 204 Å². The number of Topliss-reactive ketones (excluding diaryl/α,β-unsaturated/α-hetero) is 2. The van der Waals surface area contributed by atoms with E-state index in [1.807, 2.05) is 0 Å². The van der Waals surface area contributed by atoms with Gasteiger partial charge in [-0.05, 0) is 214 Å². The van der Waals surface area contributed by atoms with Gasteiger partial charge in [-0.1, -0.05) is 0 Å². The van der Waals surface area contributed by atoms with Gasteiger partial charge in [-0.3, -0.25) is 34.1 Å². The Hall–Kier alpha value is -13.5. The lowest BCUT2D eigenvalue weighted by molar-refractivity contribution is -0.125. The Kier molecular flexibility index (Phi) is 34.1. The van der Waals surface area contributed by atoms with Crippen molar-refractivity contribution in [3.8, 4) is 45.0 Å². The standard InChI is InChI=1S/2C26H24F5N3O3S.C24H23F4N5O3S.C22H20F4N6O3S/c1-25(29)14-22(34(15-25)38(36,37)20-6-4-18(27)5-7-20)23(35)9-3-16-11-17(13-19(28)12-16)21-8-10-24(33-32-21)26(2,30)31;1-25(29)12-22(34(15-25)38(36,37)20-6-4-18(27)5-7-20)23(35)8-3-16-9-17(11-19(28)10-16)21-13-33-24(14-32-21)26(2,30)31;1-14-7-15(8-20(32-14)16-11-30-23(31-12-16)24(2,27)28)10-29-22(34)21-9-18(26)13-33(21)37(35,36)19-5-3-17(25)4-6-19;1-22(25,26)21-28-8-13(9-29-21)18-7-16(30-12-31-18)10-27-20(33)19-6-15(24)11-32(19)36(34,35)17-4-2-14(23)3-5-17/h4-8,10-13,22H,3,9,14-15H2,1-2H3;4-7,9-11,13-14,22H,3,8,12,15H2,1-2H3;3-8,11-12,18,21H,9-10,13H2,1-2H3,(H,29,34);2-5,7-9,12,15,19H,6,10-11H2,1H3,(H,27,33)/t2*22-,25+;18-,21+;15-,19+/m0011/s1. The smallest absolute Gasteiger partial charge is 0.303 e. The summed E-state index contributed by atoms with van der Waals surface area (Å²) < 4.78 is 355. The molecule has 4 fully saturated rings. The van der Waals surface area contributed by atoms with Crippen molar-refractivity contribution in [2.75, 3.05) is 26.2 Å². The van der Waals surface area contributed by atoms with Gasteiger partial charge in [-0.15, -0.1) is 5.10 Å². The molecule has 0 bridgehead atoms. The van der Waals surface area contributed by atoms with Crippen LogP contribution in [0.5, 0.6) is 0 Å². The van der Waals surface area contributed by atoms with Gasteiger partial charge in [0.25, 0.3) is 11.8 Å². The number of nitrogens with zero attached hydrogens (tertiary/aromatic N) is 15. The number of pyridine rings is 1. The van der Waals surface area contributed by atoms with Gasteiger partial charge in [-0.25, -0.2) is 107 Å². The lowest BCUT2D eigenvalue weighted by Gasteiger charge is -2.23. The topological polar surface area (TPSA) is 384 Å². The van der Waals surface area contributed by atoms with E-state index in [-0.39, 0.29) is 107 Å². The number of sulfonamides is 4. The SMILES string of the molecule is CC(F)(F)c1ccc(-c2cc(F)cc(CCC(=O)[C@@H]3C[C@@](C)(F)CN3S(=O)(=O)c3ccc(F)cc3)c2)nn1.CC(F)(F)c1cnc(-c2cc(F)cc(CCC(=O)[C@@H]3C[C@@](C)(F)CN3S(=O)(=O)c3ccc(F)cc3)c2)cn1.CC(F)(F)c1ncc(-c2cc(CNC(=O)[C@@H]3C[C@@H](F)CN3S(=O)(=O)c3ccc(F)cc3)ncn2)cn1.Cc1cc(CNC(=O)[C@@H]2C[C@@H](F)CN2S(=O)(=O)c2ccc(F)cc2)cc(-c2cnc(C(C)(F)F)nc2)n1. The van der Waals surface area contributed by atoms with E-state index in [1.54, 1.807) is 19.1 Å². The summed E-state index contributed by atoms with van der Waals surface area (Å²) >= 11 is 0. The van der Waals surface area contributed by atoms with E-state index >= 15 is 0 Å². The number of alkyl halides is 12. The highest BCUT2D eigenvalue weighted by atomic mass is 32.2. The number of halogens is 18. The number of carbonyl (C=O) groups is 4. The van der Waals surface area contributed by atoms with Crippen LogP contribution in [0.1, 0.15) is 131 Å². The van der Waals surface area contributed by atoms with Crippen LogP contribution in [0.25, 0.3) is 45.0 Å². The van der Waals surface area contributed by atoms with E-state index in [9.17, 15) is 132 Å². The molecule has 0 spiro atoms. The summed E-state index contributed by atoms with van der Waals surface area (Å²) in [6.45, 7) is 4.56. The summed E-state index contributed by atoms with van der Waals surface area (Å²) in [6, 6.07) is 25.7.